The predicted octanol–water partition coefficient (Wildman–Crippen LogP) is 1.40. The van der Waals surface area contributed by atoms with Crippen LogP contribution in [0.1, 0.15) is 44.2 Å². The maximum atomic E-state index is 12.4. The Morgan fingerprint density at radius 2 is 1.95 bits per heavy atom. The molecule has 2 fully saturated rings. The average Bonchev–Trinajstić information content (AvgIpc) is 3.01. The van der Waals surface area contributed by atoms with Crippen LogP contribution in [0.4, 0.5) is 0 Å². The third-order valence-electron chi connectivity index (χ3n) is 4.87. The summed E-state index contributed by atoms with van der Waals surface area (Å²) in [7, 11) is 0. The molecule has 0 bridgehead atoms. The monoisotopic (exact) mass is 307 g/mol. The third kappa shape index (κ3) is 3.87. The van der Waals surface area contributed by atoms with E-state index >= 15 is 0 Å². The van der Waals surface area contributed by atoms with E-state index in [1.165, 1.54) is 6.42 Å². The first-order valence-corrected chi connectivity index (χ1v) is 8.26. The zero-order valence-corrected chi connectivity index (χ0v) is 13.0. The van der Waals surface area contributed by atoms with Gasteiger partial charge in [-0.2, -0.15) is 0 Å². The van der Waals surface area contributed by atoms with Crippen molar-refractivity contribution in [3.63, 3.8) is 0 Å². The Balaban J connectivity index is 1.45. The van der Waals surface area contributed by atoms with Crippen molar-refractivity contribution < 1.29 is 14.4 Å². The number of carbonyl (C=O) groups is 1. The largest absolute Gasteiger partial charge is 0.389 e. The van der Waals surface area contributed by atoms with Crippen molar-refractivity contribution in [1.29, 1.82) is 0 Å². The zero-order valence-electron chi connectivity index (χ0n) is 13.0. The van der Waals surface area contributed by atoms with E-state index < -0.39 is 5.60 Å². The summed E-state index contributed by atoms with van der Waals surface area (Å²) in [5.74, 6) is 0.102. The van der Waals surface area contributed by atoms with Gasteiger partial charge in [-0.15, -0.1) is 0 Å². The highest BCUT2D eigenvalue weighted by Crippen LogP contribution is 2.31. The van der Waals surface area contributed by atoms with Crippen molar-refractivity contribution in [1.82, 2.24) is 15.0 Å². The number of nitrogens with zero attached hydrogens (tertiary/aromatic N) is 3. The molecule has 1 aliphatic heterocycles. The number of hydrogen-bond acceptors (Lipinski definition) is 5. The van der Waals surface area contributed by atoms with Crippen LogP contribution in [0.15, 0.2) is 16.9 Å². The molecule has 0 spiro atoms. The average molecular weight is 307 g/mol. The molecule has 0 radical (unpaired) electrons. The second-order valence-corrected chi connectivity index (χ2v) is 6.61. The quantitative estimate of drug-likeness (QED) is 0.910. The first-order chi connectivity index (χ1) is 10.6. The van der Waals surface area contributed by atoms with Crippen LogP contribution in [0.2, 0.25) is 0 Å². The molecule has 3 rings (SSSR count). The van der Waals surface area contributed by atoms with Gasteiger partial charge in [0.1, 0.15) is 6.26 Å². The lowest BCUT2D eigenvalue weighted by Gasteiger charge is -2.37. The highest BCUT2D eigenvalue weighted by Gasteiger charge is 2.34. The molecule has 6 heteroatoms. The van der Waals surface area contributed by atoms with Gasteiger partial charge in [0.05, 0.1) is 17.7 Å². The normalized spacial score (nSPS) is 22.7. The zero-order chi connectivity index (χ0) is 15.4. The summed E-state index contributed by atoms with van der Waals surface area (Å²) in [6, 6.07) is 1.87. The smallest absolute Gasteiger partial charge is 0.225 e. The first kappa shape index (κ1) is 15.5. The van der Waals surface area contributed by atoms with Crippen LogP contribution in [0, 0.1) is 0 Å². The van der Waals surface area contributed by atoms with Crippen LogP contribution in [0.3, 0.4) is 0 Å². The molecule has 0 atom stereocenters. The van der Waals surface area contributed by atoms with Gasteiger partial charge in [-0.05, 0) is 12.8 Å². The molecule has 1 amide bonds. The Hall–Kier alpha value is -1.40. The summed E-state index contributed by atoms with van der Waals surface area (Å²) in [5.41, 5.74) is 0.170. The van der Waals surface area contributed by atoms with Gasteiger partial charge in [0.2, 0.25) is 5.91 Å². The minimum absolute atomic E-state index is 0.102. The van der Waals surface area contributed by atoms with Crippen molar-refractivity contribution in [3.05, 3.63) is 18.0 Å². The van der Waals surface area contributed by atoms with Crippen molar-refractivity contribution in [3.8, 4) is 0 Å². The van der Waals surface area contributed by atoms with Crippen LogP contribution < -0.4 is 0 Å². The second-order valence-electron chi connectivity index (χ2n) is 6.61. The van der Waals surface area contributed by atoms with E-state index in [0.29, 0.717) is 0 Å². The fraction of sp³-hybridized carbons (Fsp3) is 0.750. The van der Waals surface area contributed by atoms with Gasteiger partial charge in [0.25, 0.3) is 0 Å². The number of aromatic nitrogens is 1. The summed E-state index contributed by atoms with van der Waals surface area (Å²) in [5, 5.41) is 14.4. The molecule has 2 heterocycles. The number of aliphatic hydroxyl groups is 1. The van der Waals surface area contributed by atoms with E-state index in [1.807, 2.05) is 11.0 Å². The van der Waals surface area contributed by atoms with Crippen molar-refractivity contribution in [2.45, 2.75) is 50.7 Å². The lowest BCUT2D eigenvalue weighted by atomic mass is 9.82. The van der Waals surface area contributed by atoms with E-state index in [4.69, 9.17) is 4.52 Å². The van der Waals surface area contributed by atoms with E-state index in [1.54, 1.807) is 6.26 Å². The lowest BCUT2D eigenvalue weighted by Crippen LogP contribution is -2.50. The Bertz CT molecular complexity index is 475. The first-order valence-electron chi connectivity index (χ1n) is 8.26. The van der Waals surface area contributed by atoms with Crippen LogP contribution in [0.25, 0.3) is 0 Å². The summed E-state index contributed by atoms with van der Waals surface area (Å²) in [4.78, 5) is 16.6. The summed E-state index contributed by atoms with van der Waals surface area (Å²) in [6.45, 7) is 3.91. The van der Waals surface area contributed by atoms with Crippen molar-refractivity contribution >= 4 is 5.91 Å². The topological polar surface area (TPSA) is 69.8 Å². The number of rotatable bonds is 4. The maximum Gasteiger partial charge on any atom is 0.225 e. The molecule has 6 nitrogen and oxygen atoms in total. The van der Waals surface area contributed by atoms with Crippen LogP contribution >= 0.6 is 0 Å². The van der Waals surface area contributed by atoms with Crippen LogP contribution in [-0.2, 0) is 11.3 Å². The van der Waals surface area contributed by atoms with Crippen LogP contribution in [-0.4, -0.2) is 57.8 Å². The number of piperazine rings is 1. The van der Waals surface area contributed by atoms with Crippen molar-refractivity contribution in [2.24, 2.45) is 0 Å². The van der Waals surface area contributed by atoms with Crippen molar-refractivity contribution in [2.75, 3.05) is 26.2 Å². The van der Waals surface area contributed by atoms with E-state index in [2.05, 4.69) is 10.1 Å². The molecule has 1 saturated carbocycles. The molecule has 22 heavy (non-hydrogen) atoms. The Morgan fingerprint density at radius 3 is 2.59 bits per heavy atom. The van der Waals surface area contributed by atoms with Gasteiger partial charge in [-0.25, -0.2) is 0 Å². The van der Waals surface area contributed by atoms with Gasteiger partial charge in [-0.3, -0.25) is 9.69 Å². The molecular weight excluding hydrogens is 282 g/mol. The number of carbonyl (C=O) groups excluding carboxylic acids is 1. The molecule has 2 aliphatic rings. The summed E-state index contributed by atoms with van der Waals surface area (Å²) in [6.07, 6.45) is 6.66. The number of amides is 1. The van der Waals surface area contributed by atoms with Crippen LogP contribution in [0.5, 0.6) is 0 Å². The molecule has 1 aliphatic carbocycles. The van der Waals surface area contributed by atoms with E-state index in [0.717, 1.165) is 64.1 Å². The minimum Gasteiger partial charge on any atom is -0.389 e. The summed E-state index contributed by atoms with van der Waals surface area (Å²) < 4.78 is 4.84. The molecule has 122 valence electrons. The molecular formula is C16H25N3O3. The second kappa shape index (κ2) is 6.79. The maximum absolute atomic E-state index is 12.4. The highest BCUT2D eigenvalue weighted by molar-refractivity contribution is 5.77. The molecule has 0 unspecified atom stereocenters. The fourth-order valence-electron chi connectivity index (χ4n) is 3.48. The molecule has 0 aromatic carbocycles. The van der Waals surface area contributed by atoms with Gasteiger partial charge >= 0.3 is 0 Å². The third-order valence-corrected chi connectivity index (χ3v) is 4.87. The van der Waals surface area contributed by atoms with Gasteiger partial charge < -0.3 is 14.5 Å². The fourth-order valence-corrected chi connectivity index (χ4v) is 3.48. The predicted molar refractivity (Wildman–Crippen MR) is 81.0 cm³/mol. The Kier molecular flexibility index (Phi) is 4.78. The van der Waals surface area contributed by atoms with Gasteiger partial charge in [-0.1, -0.05) is 24.4 Å². The Morgan fingerprint density at radius 1 is 1.23 bits per heavy atom. The molecule has 1 aromatic heterocycles. The minimum atomic E-state index is -0.757. The highest BCUT2D eigenvalue weighted by atomic mass is 16.5. The molecule has 1 saturated heterocycles. The molecule has 1 N–H and O–H groups in total. The van der Waals surface area contributed by atoms with Gasteiger partial charge in [0, 0.05) is 38.8 Å². The van der Waals surface area contributed by atoms with E-state index in [9.17, 15) is 9.90 Å². The molecule has 1 aromatic rings. The Labute approximate surface area is 131 Å². The SMILES string of the molecule is O=C(CC1(O)CCCCC1)N1CCN(Cc2ccon2)CC1. The number of hydrogen-bond donors (Lipinski definition) is 1. The standard InChI is InChI=1S/C16H25N3O3/c20-15(12-16(21)5-2-1-3-6-16)19-9-7-18(8-10-19)13-14-4-11-22-17-14/h4,11,21H,1-3,5-10,12-13H2. The lowest BCUT2D eigenvalue weighted by molar-refractivity contribution is -0.139. The van der Waals surface area contributed by atoms with E-state index in [-0.39, 0.29) is 12.3 Å². The summed E-state index contributed by atoms with van der Waals surface area (Å²) >= 11 is 0. The van der Waals surface area contributed by atoms with Gasteiger partial charge in [0.15, 0.2) is 0 Å².